The zero-order valence-corrected chi connectivity index (χ0v) is 12.5. The molecule has 20 heavy (non-hydrogen) atoms. The number of piperazine rings is 1. The summed E-state index contributed by atoms with van der Waals surface area (Å²) in [6, 6.07) is 7.68. The van der Waals surface area contributed by atoms with E-state index in [9.17, 15) is 8.78 Å². The van der Waals surface area contributed by atoms with E-state index >= 15 is 0 Å². The lowest BCUT2D eigenvalue weighted by atomic mass is 10.0. The van der Waals surface area contributed by atoms with Gasteiger partial charge in [0, 0.05) is 31.7 Å². The lowest BCUT2D eigenvalue weighted by Crippen LogP contribution is -2.49. The first-order valence-electron chi connectivity index (χ1n) is 6.58. The Labute approximate surface area is 124 Å². The molecule has 1 N–H and O–H groups in total. The molecule has 0 amide bonds. The lowest BCUT2D eigenvalue weighted by Gasteiger charge is -2.36. The minimum Gasteiger partial charge on any atom is -0.435 e. The van der Waals surface area contributed by atoms with E-state index in [2.05, 4.69) is 28.8 Å². The van der Waals surface area contributed by atoms with Crippen molar-refractivity contribution < 1.29 is 13.5 Å². The molecular weight excluding hydrogens is 286 g/mol. The summed E-state index contributed by atoms with van der Waals surface area (Å²) in [7, 11) is 0. The van der Waals surface area contributed by atoms with Crippen molar-refractivity contribution in [3.05, 3.63) is 29.8 Å². The molecule has 0 saturated carbocycles. The average molecular weight is 307 g/mol. The Balaban J connectivity index is 0.00000200. The smallest absolute Gasteiger partial charge is 0.387 e. The van der Waals surface area contributed by atoms with Crippen molar-refractivity contribution in [2.24, 2.45) is 0 Å². The Kier molecular flexibility index (Phi) is 6.65. The van der Waals surface area contributed by atoms with Gasteiger partial charge in [0.05, 0.1) is 0 Å². The van der Waals surface area contributed by atoms with Crippen LogP contribution in [0.25, 0.3) is 0 Å². The largest absolute Gasteiger partial charge is 0.435 e. The number of alkyl halides is 2. The zero-order chi connectivity index (χ0) is 13.8. The highest BCUT2D eigenvalue weighted by Gasteiger charge is 2.21. The van der Waals surface area contributed by atoms with Crippen molar-refractivity contribution in [3.8, 4) is 5.75 Å². The number of ether oxygens (including phenoxy) is 1. The fourth-order valence-electron chi connectivity index (χ4n) is 2.45. The van der Waals surface area contributed by atoms with Crippen LogP contribution >= 0.6 is 12.4 Å². The molecule has 3 nitrogen and oxygen atoms in total. The molecule has 1 aromatic rings. The van der Waals surface area contributed by atoms with E-state index in [1.54, 1.807) is 12.1 Å². The summed E-state index contributed by atoms with van der Waals surface area (Å²) in [5, 5.41) is 3.40. The average Bonchev–Trinajstić information content (AvgIpc) is 2.38. The molecule has 114 valence electrons. The first-order chi connectivity index (χ1) is 9.06. The van der Waals surface area contributed by atoms with Gasteiger partial charge < -0.3 is 10.1 Å². The minimum atomic E-state index is -2.77. The van der Waals surface area contributed by atoms with Crippen LogP contribution in [0.2, 0.25) is 0 Å². The number of hydrogen-bond donors (Lipinski definition) is 1. The third-order valence-electron chi connectivity index (χ3n) is 3.54. The predicted molar refractivity (Wildman–Crippen MR) is 77.8 cm³/mol. The first-order valence-corrected chi connectivity index (χ1v) is 6.58. The Morgan fingerprint density at radius 2 is 1.95 bits per heavy atom. The minimum absolute atomic E-state index is 0. The van der Waals surface area contributed by atoms with E-state index in [-0.39, 0.29) is 24.2 Å². The zero-order valence-electron chi connectivity index (χ0n) is 11.7. The summed E-state index contributed by atoms with van der Waals surface area (Å²) in [5.74, 6) is 0.208. The molecule has 0 aliphatic carbocycles. The highest BCUT2D eigenvalue weighted by Crippen LogP contribution is 2.24. The second-order valence-electron chi connectivity index (χ2n) is 4.97. The summed E-state index contributed by atoms with van der Waals surface area (Å²) < 4.78 is 28.5. The standard InChI is InChI=1S/C14H20F2N2O.ClH/c1-10-9-18(8-7-17-10)11(2)12-3-5-13(6-4-12)19-14(15)16;/h3-6,10-11,14,17H,7-9H2,1-2H3;1H. The van der Waals surface area contributed by atoms with Crippen molar-refractivity contribution in [1.29, 1.82) is 0 Å². The molecule has 2 atom stereocenters. The molecular formula is C14H21ClF2N2O. The van der Waals surface area contributed by atoms with Crippen LogP contribution in [0.5, 0.6) is 5.75 Å². The van der Waals surface area contributed by atoms with Crippen molar-refractivity contribution in [2.45, 2.75) is 32.5 Å². The summed E-state index contributed by atoms with van der Waals surface area (Å²) in [6.07, 6.45) is 0. The van der Waals surface area contributed by atoms with E-state index in [0.717, 1.165) is 25.2 Å². The van der Waals surface area contributed by atoms with Crippen LogP contribution in [0, 0.1) is 0 Å². The number of nitrogens with zero attached hydrogens (tertiary/aromatic N) is 1. The monoisotopic (exact) mass is 306 g/mol. The molecule has 0 aromatic heterocycles. The third kappa shape index (κ3) is 4.58. The van der Waals surface area contributed by atoms with Crippen molar-refractivity contribution >= 4 is 12.4 Å². The summed E-state index contributed by atoms with van der Waals surface area (Å²) >= 11 is 0. The molecule has 0 spiro atoms. The van der Waals surface area contributed by atoms with Gasteiger partial charge in [0.1, 0.15) is 5.75 Å². The van der Waals surface area contributed by atoms with Crippen LogP contribution < -0.4 is 10.1 Å². The Morgan fingerprint density at radius 3 is 2.50 bits per heavy atom. The summed E-state index contributed by atoms with van der Waals surface area (Å²) in [6.45, 7) is 4.52. The number of nitrogens with one attached hydrogen (secondary N) is 1. The van der Waals surface area contributed by atoms with Crippen molar-refractivity contribution in [3.63, 3.8) is 0 Å². The van der Waals surface area contributed by atoms with Gasteiger partial charge in [0.2, 0.25) is 0 Å². The molecule has 1 saturated heterocycles. The fraction of sp³-hybridized carbons (Fsp3) is 0.571. The van der Waals surface area contributed by atoms with Gasteiger partial charge in [0.25, 0.3) is 0 Å². The van der Waals surface area contributed by atoms with E-state index < -0.39 is 6.61 Å². The third-order valence-corrected chi connectivity index (χ3v) is 3.54. The quantitative estimate of drug-likeness (QED) is 0.925. The maximum absolute atomic E-state index is 12.1. The summed E-state index contributed by atoms with van der Waals surface area (Å²) in [5.41, 5.74) is 1.12. The number of halogens is 3. The Hall–Kier alpha value is -0.910. The van der Waals surface area contributed by atoms with Crippen LogP contribution in [-0.2, 0) is 0 Å². The molecule has 2 unspecified atom stereocenters. The van der Waals surface area contributed by atoms with Gasteiger partial charge >= 0.3 is 6.61 Å². The van der Waals surface area contributed by atoms with Gasteiger partial charge in [-0.2, -0.15) is 8.78 Å². The maximum atomic E-state index is 12.1. The van der Waals surface area contributed by atoms with E-state index in [0.29, 0.717) is 6.04 Å². The second-order valence-corrected chi connectivity index (χ2v) is 4.97. The Morgan fingerprint density at radius 1 is 1.30 bits per heavy atom. The second kappa shape index (κ2) is 7.76. The molecule has 1 aromatic carbocycles. The SMILES string of the molecule is CC1CN(C(C)c2ccc(OC(F)F)cc2)CCN1.Cl. The van der Waals surface area contributed by atoms with Crippen LogP contribution in [-0.4, -0.2) is 37.2 Å². The van der Waals surface area contributed by atoms with Crippen LogP contribution in [0.15, 0.2) is 24.3 Å². The first kappa shape index (κ1) is 17.1. The van der Waals surface area contributed by atoms with E-state index in [1.807, 2.05) is 12.1 Å². The van der Waals surface area contributed by atoms with E-state index in [4.69, 9.17) is 0 Å². The van der Waals surface area contributed by atoms with Gasteiger partial charge in [-0.3, -0.25) is 4.90 Å². The number of benzene rings is 1. The number of hydrogen-bond acceptors (Lipinski definition) is 3. The van der Waals surface area contributed by atoms with E-state index in [1.165, 1.54) is 0 Å². The van der Waals surface area contributed by atoms with Gasteiger partial charge in [-0.25, -0.2) is 0 Å². The molecule has 2 rings (SSSR count). The molecule has 1 aliphatic heterocycles. The van der Waals surface area contributed by atoms with Crippen LogP contribution in [0.4, 0.5) is 8.78 Å². The predicted octanol–water partition coefficient (Wildman–Crippen LogP) is 3.06. The molecule has 1 aliphatic rings. The van der Waals surface area contributed by atoms with Crippen molar-refractivity contribution in [1.82, 2.24) is 10.2 Å². The molecule has 1 fully saturated rings. The van der Waals surface area contributed by atoms with Gasteiger partial charge in [0.15, 0.2) is 0 Å². The number of rotatable bonds is 4. The highest BCUT2D eigenvalue weighted by molar-refractivity contribution is 5.85. The topological polar surface area (TPSA) is 24.5 Å². The Bertz CT molecular complexity index is 403. The molecule has 0 bridgehead atoms. The van der Waals surface area contributed by atoms with Crippen LogP contribution in [0.1, 0.15) is 25.5 Å². The highest BCUT2D eigenvalue weighted by atomic mass is 35.5. The molecule has 1 heterocycles. The van der Waals surface area contributed by atoms with Crippen LogP contribution in [0.3, 0.4) is 0 Å². The fourth-order valence-corrected chi connectivity index (χ4v) is 2.45. The molecule has 6 heteroatoms. The summed E-state index contributed by atoms with van der Waals surface area (Å²) in [4.78, 5) is 2.39. The maximum Gasteiger partial charge on any atom is 0.387 e. The molecule has 0 radical (unpaired) electrons. The van der Waals surface area contributed by atoms with Gasteiger partial charge in [-0.15, -0.1) is 12.4 Å². The van der Waals surface area contributed by atoms with Gasteiger partial charge in [-0.05, 0) is 31.5 Å². The lowest BCUT2D eigenvalue weighted by molar-refractivity contribution is -0.0498. The normalized spacial score (nSPS) is 21.4. The van der Waals surface area contributed by atoms with Gasteiger partial charge in [-0.1, -0.05) is 12.1 Å². The van der Waals surface area contributed by atoms with Crippen molar-refractivity contribution in [2.75, 3.05) is 19.6 Å².